The van der Waals surface area contributed by atoms with E-state index in [2.05, 4.69) is 40.6 Å². The molecule has 1 aliphatic rings. The summed E-state index contributed by atoms with van der Waals surface area (Å²) in [5.74, 6) is 0.654. The van der Waals surface area contributed by atoms with E-state index in [1.807, 2.05) is 12.3 Å². The molecule has 0 unspecified atom stereocenters. The van der Waals surface area contributed by atoms with Gasteiger partial charge in [0.1, 0.15) is 0 Å². The molecule has 0 radical (unpaired) electrons. The zero-order valence-corrected chi connectivity index (χ0v) is 10.8. The van der Waals surface area contributed by atoms with Crippen LogP contribution in [0.5, 0.6) is 0 Å². The molecule has 2 aromatic rings. The Balaban J connectivity index is 1.56. The highest BCUT2D eigenvalue weighted by Gasteiger charge is 2.37. The van der Waals surface area contributed by atoms with Crippen molar-refractivity contribution >= 4 is 11.6 Å². The number of aromatic nitrogens is 1. The van der Waals surface area contributed by atoms with Gasteiger partial charge < -0.3 is 5.32 Å². The van der Waals surface area contributed by atoms with Crippen LogP contribution in [0.1, 0.15) is 23.5 Å². The van der Waals surface area contributed by atoms with Crippen molar-refractivity contribution in [3.8, 4) is 0 Å². The third kappa shape index (κ3) is 2.55. The molecule has 0 bridgehead atoms. The number of pyridine rings is 1. The second kappa shape index (κ2) is 5.09. The highest BCUT2D eigenvalue weighted by molar-refractivity contribution is 6.31. The Morgan fingerprint density at radius 1 is 1.22 bits per heavy atom. The molecule has 1 fully saturated rings. The Morgan fingerprint density at radius 3 is 2.83 bits per heavy atom. The van der Waals surface area contributed by atoms with Crippen LogP contribution in [-0.2, 0) is 6.54 Å². The predicted octanol–water partition coefficient (Wildman–Crippen LogP) is 3.38. The van der Waals surface area contributed by atoms with Crippen molar-refractivity contribution in [2.24, 2.45) is 0 Å². The van der Waals surface area contributed by atoms with Crippen molar-refractivity contribution in [3.05, 3.63) is 64.9 Å². The van der Waals surface area contributed by atoms with Crippen LogP contribution in [-0.4, -0.2) is 11.0 Å². The minimum absolute atomic E-state index is 0.573. The van der Waals surface area contributed by atoms with Gasteiger partial charge in [-0.25, -0.2) is 0 Å². The average molecular weight is 259 g/mol. The first-order valence-corrected chi connectivity index (χ1v) is 6.59. The number of hydrogen-bond acceptors (Lipinski definition) is 2. The van der Waals surface area contributed by atoms with E-state index in [-0.39, 0.29) is 0 Å². The fourth-order valence-corrected chi connectivity index (χ4v) is 2.44. The Bertz CT molecular complexity index is 527. The maximum atomic E-state index is 6.10. The topological polar surface area (TPSA) is 24.9 Å². The van der Waals surface area contributed by atoms with Gasteiger partial charge in [0.25, 0.3) is 0 Å². The molecule has 1 heterocycles. The summed E-state index contributed by atoms with van der Waals surface area (Å²) < 4.78 is 0. The second-order valence-electron chi connectivity index (χ2n) is 4.71. The first-order valence-electron chi connectivity index (χ1n) is 6.21. The molecule has 1 saturated carbocycles. The van der Waals surface area contributed by atoms with Crippen LogP contribution in [0.25, 0.3) is 0 Å². The molecule has 1 aromatic carbocycles. The summed E-state index contributed by atoms with van der Waals surface area (Å²) in [7, 11) is 0. The molecule has 0 aliphatic heterocycles. The summed E-state index contributed by atoms with van der Waals surface area (Å²) in [6.45, 7) is 0.792. The molecular formula is C15H15ClN2. The van der Waals surface area contributed by atoms with Crippen molar-refractivity contribution in [1.82, 2.24) is 10.3 Å². The molecule has 18 heavy (non-hydrogen) atoms. The lowest BCUT2D eigenvalue weighted by atomic mass is 10.1. The SMILES string of the molecule is Clc1ccncc1CN[C@@H]1C[C@H]1c1ccccc1. The monoisotopic (exact) mass is 258 g/mol. The molecule has 1 N–H and O–H groups in total. The number of rotatable bonds is 4. The lowest BCUT2D eigenvalue weighted by Gasteiger charge is -2.05. The van der Waals surface area contributed by atoms with E-state index in [4.69, 9.17) is 11.6 Å². The number of nitrogens with one attached hydrogen (secondary N) is 1. The molecule has 92 valence electrons. The van der Waals surface area contributed by atoms with Gasteiger partial charge >= 0.3 is 0 Å². The normalized spacial score (nSPS) is 21.8. The van der Waals surface area contributed by atoms with Crippen LogP contribution in [0.3, 0.4) is 0 Å². The molecule has 2 atom stereocenters. The molecule has 0 amide bonds. The largest absolute Gasteiger partial charge is 0.309 e. The van der Waals surface area contributed by atoms with Crippen LogP contribution in [0.15, 0.2) is 48.8 Å². The summed E-state index contributed by atoms with van der Waals surface area (Å²) in [6, 6.07) is 13.1. The second-order valence-corrected chi connectivity index (χ2v) is 5.11. The summed E-state index contributed by atoms with van der Waals surface area (Å²) in [5, 5.41) is 4.32. The zero-order valence-electron chi connectivity index (χ0n) is 10.0. The van der Waals surface area contributed by atoms with Crippen LogP contribution in [0.2, 0.25) is 5.02 Å². The molecule has 2 nitrogen and oxygen atoms in total. The number of benzene rings is 1. The van der Waals surface area contributed by atoms with Crippen molar-refractivity contribution in [1.29, 1.82) is 0 Å². The van der Waals surface area contributed by atoms with Gasteiger partial charge in [-0.2, -0.15) is 0 Å². The third-order valence-corrected chi connectivity index (χ3v) is 3.79. The van der Waals surface area contributed by atoms with E-state index >= 15 is 0 Å². The standard InChI is InChI=1S/C15H15ClN2/c16-14-6-7-17-9-12(14)10-18-15-8-13(15)11-4-2-1-3-5-11/h1-7,9,13,15,18H,8,10H2/t13-,15+/m0/s1. The highest BCUT2D eigenvalue weighted by atomic mass is 35.5. The molecule has 3 heteroatoms. The lowest BCUT2D eigenvalue weighted by Crippen LogP contribution is -2.17. The molecular weight excluding hydrogens is 244 g/mol. The number of nitrogens with zero attached hydrogens (tertiary/aromatic N) is 1. The van der Waals surface area contributed by atoms with E-state index in [1.54, 1.807) is 6.20 Å². The van der Waals surface area contributed by atoms with E-state index in [1.165, 1.54) is 12.0 Å². The Labute approximate surface area is 112 Å². The van der Waals surface area contributed by atoms with E-state index in [0.29, 0.717) is 12.0 Å². The average Bonchev–Trinajstić information content (AvgIpc) is 3.18. The van der Waals surface area contributed by atoms with Crippen molar-refractivity contribution in [3.63, 3.8) is 0 Å². The van der Waals surface area contributed by atoms with Gasteiger partial charge in [0.05, 0.1) is 0 Å². The number of halogens is 1. The van der Waals surface area contributed by atoms with Gasteiger partial charge in [0.15, 0.2) is 0 Å². The maximum absolute atomic E-state index is 6.10. The fourth-order valence-electron chi connectivity index (χ4n) is 2.27. The number of hydrogen-bond donors (Lipinski definition) is 1. The van der Waals surface area contributed by atoms with E-state index in [9.17, 15) is 0 Å². The summed E-state index contributed by atoms with van der Waals surface area (Å²) in [6.07, 6.45) is 4.76. The smallest absolute Gasteiger partial charge is 0.0481 e. The van der Waals surface area contributed by atoms with Gasteiger partial charge in [-0.05, 0) is 18.1 Å². The van der Waals surface area contributed by atoms with Crippen molar-refractivity contribution < 1.29 is 0 Å². The van der Waals surface area contributed by atoms with E-state index < -0.39 is 0 Å². The van der Waals surface area contributed by atoms with E-state index in [0.717, 1.165) is 17.1 Å². The van der Waals surface area contributed by atoms with Gasteiger partial charge in [-0.1, -0.05) is 41.9 Å². The van der Waals surface area contributed by atoms with Gasteiger partial charge in [0.2, 0.25) is 0 Å². The van der Waals surface area contributed by atoms with Crippen LogP contribution < -0.4 is 5.32 Å². The van der Waals surface area contributed by atoms with Crippen LogP contribution in [0.4, 0.5) is 0 Å². The maximum Gasteiger partial charge on any atom is 0.0481 e. The third-order valence-electron chi connectivity index (χ3n) is 3.42. The van der Waals surface area contributed by atoms with Gasteiger partial charge in [0, 0.05) is 41.5 Å². The molecule has 0 saturated heterocycles. The molecule has 1 aromatic heterocycles. The molecule has 1 aliphatic carbocycles. The van der Waals surface area contributed by atoms with Gasteiger partial charge in [-0.15, -0.1) is 0 Å². The summed E-state index contributed by atoms with van der Waals surface area (Å²) in [5.41, 5.74) is 2.49. The Morgan fingerprint density at radius 2 is 2.06 bits per heavy atom. The fraction of sp³-hybridized carbons (Fsp3) is 0.267. The van der Waals surface area contributed by atoms with Gasteiger partial charge in [-0.3, -0.25) is 4.98 Å². The van der Waals surface area contributed by atoms with Crippen LogP contribution >= 0.6 is 11.6 Å². The predicted molar refractivity (Wildman–Crippen MR) is 73.7 cm³/mol. The lowest BCUT2D eigenvalue weighted by molar-refractivity contribution is 0.671. The first kappa shape index (κ1) is 11.7. The highest BCUT2D eigenvalue weighted by Crippen LogP contribution is 2.40. The Hall–Kier alpha value is -1.38. The zero-order chi connectivity index (χ0) is 12.4. The summed E-state index contributed by atoms with van der Waals surface area (Å²) >= 11 is 6.10. The minimum atomic E-state index is 0.573. The van der Waals surface area contributed by atoms with Crippen molar-refractivity contribution in [2.45, 2.75) is 24.9 Å². The first-order chi connectivity index (χ1) is 8.84. The molecule has 3 rings (SSSR count). The van der Waals surface area contributed by atoms with Crippen LogP contribution in [0, 0.1) is 0 Å². The Kier molecular flexibility index (Phi) is 3.31. The minimum Gasteiger partial charge on any atom is -0.309 e. The summed E-state index contributed by atoms with van der Waals surface area (Å²) in [4.78, 5) is 4.10. The molecule has 0 spiro atoms. The van der Waals surface area contributed by atoms with Crippen molar-refractivity contribution in [2.75, 3.05) is 0 Å². The quantitative estimate of drug-likeness (QED) is 0.909.